The molecule has 6 nitrogen and oxygen atoms in total. The van der Waals surface area contributed by atoms with Gasteiger partial charge >= 0.3 is 12.1 Å². The molecule has 2 heterocycles. The molecule has 0 amide bonds. The number of carbonyl (C=O) groups is 1. The van der Waals surface area contributed by atoms with Crippen molar-refractivity contribution in [3.05, 3.63) is 29.8 Å². The largest absolute Gasteiger partial charge is 0.491 e. The van der Waals surface area contributed by atoms with Crippen molar-refractivity contribution in [3.8, 4) is 5.75 Å². The first-order chi connectivity index (χ1) is 18.6. The van der Waals surface area contributed by atoms with Crippen molar-refractivity contribution in [3.63, 3.8) is 0 Å². The molecule has 7 atom stereocenters. The standard InChI is InChI=1S/C30H47F3O6Si2/c1-28(2,3)40(7,8)38-22-16-21-20(15-24(34)36-21)25(22)27-26(37-27)23(39-41(9,10)29(4,5)6)17-35-19-13-11-12-18(14-19)30(31,32)33/h11-14,20-23,25-27H,15-17H2,1-10H3/t20?,21-,22+,23+,25+,26?,27+/m0/s1. The quantitative estimate of drug-likeness (QED) is 0.162. The van der Waals surface area contributed by atoms with Gasteiger partial charge in [0, 0.05) is 18.3 Å². The van der Waals surface area contributed by atoms with E-state index in [1.807, 2.05) is 0 Å². The van der Waals surface area contributed by atoms with E-state index >= 15 is 0 Å². The molecule has 3 fully saturated rings. The molecule has 1 aromatic carbocycles. The predicted molar refractivity (Wildman–Crippen MR) is 156 cm³/mol. The van der Waals surface area contributed by atoms with Gasteiger partial charge < -0.3 is 23.1 Å². The molecule has 0 bridgehead atoms. The fourth-order valence-electron chi connectivity index (χ4n) is 5.47. The molecule has 232 valence electrons. The molecular formula is C30H47F3O6Si2. The first-order valence-electron chi connectivity index (χ1n) is 14.6. The molecule has 2 aliphatic heterocycles. The van der Waals surface area contributed by atoms with Gasteiger partial charge in [0.25, 0.3) is 0 Å². The summed E-state index contributed by atoms with van der Waals surface area (Å²) in [6.07, 6.45) is -4.78. The summed E-state index contributed by atoms with van der Waals surface area (Å²) >= 11 is 0. The minimum absolute atomic E-state index is 0.00479. The van der Waals surface area contributed by atoms with Crippen LogP contribution in [0.5, 0.6) is 5.75 Å². The van der Waals surface area contributed by atoms with Crippen LogP contribution in [-0.4, -0.2) is 59.7 Å². The van der Waals surface area contributed by atoms with Crippen LogP contribution in [0.3, 0.4) is 0 Å². The molecule has 1 aliphatic carbocycles. The molecule has 0 spiro atoms. The van der Waals surface area contributed by atoms with Crippen LogP contribution in [0.4, 0.5) is 13.2 Å². The van der Waals surface area contributed by atoms with Crippen molar-refractivity contribution < 1.29 is 41.0 Å². The van der Waals surface area contributed by atoms with Crippen LogP contribution >= 0.6 is 0 Å². The van der Waals surface area contributed by atoms with Crippen LogP contribution in [0.1, 0.15) is 59.9 Å². The minimum Gasteiger partial charge on any atom is -0.491 e. The zero-order valence-electron chi connectivity index (χ0n) is 26.1. The van der Waals surface area contributed by atoms with Gasteiger partial charge in [-0.05, 0) is 54.5 Å². The molecular weight excluding hydrogens is 569 g/mol. The van der Waals surface area contributed by atoms with Crippen molar-refractivity contribution in [2.75, 3.05) is 6.61 Å². The fourth-order valence-corrected chi connectivity index (χ4v) is 8.15. The minimum atomic E-state index is -4.46. The fraction of sp³-hybridized carbons (Fsp3) is 0.767. The lowest BCUT2D eigenvalue weighted by Gasteiger charge is -2.40. The van der Waals surface area contributed by atoms with E-state index in [2.05, 4.69) is 67.7 Å². The van der Waals surface area contributed by atoms with Gasteiger partial charge in [-0.1, -0.05) is 47.6 Å². The third-order valence-corrected chi connectivity index (χ3v) is 18.9. The van der Waals surface area contributed by atoms with Gasteiger partial charge in [-0.3, -0.25) is 4.79 Å². The van der Waals surface area contributed by atoms with E-state index in [9.17, 15) is 18.0 Å². The van der Waals surface area contributed by atoms with Gasteiger partial charge in [-0.25, -0.2) is 0 Å². The molecule has 1 saturated carbocycles. The molecule has 41 heavy (non-hydrogen) atoms. The number of hydrogen-bond donors (Lipinski definition) is 0. The zero-order chi connectivity index (χ0) is 30.8. The van der Waals surface area contributed by atoms with E-state index in [0.717, 1.165) is 12.1 Å². The summed E-state index contributed by atoms with van der Waals surface area (Å²) in [7, 11) is -4.42. The maximum Gasteiger partial charge on any atom is 0.416 e. The maximum absolute atomic E-state index is 13.3. The number of carbonyl (C=O) groups excluding carboxylic acids is 1. The van der Waals surface area contributed by atoms with E-state index in [4.69, 9.17) is 23.1 Å². The van der Waals surface area contributed by atoms with Crippen LogP contribution < -0.4 is 4.74 Å². The Hall–Kier alpha value is -1.41. The second kappa shape index (κ2) is 10.9. The average Bonchev–Trinajstić information content (AvgIpc) is 3.40. The highest BCUT2D eigenvalue weighted by atomic mass is 28.4. The van der Waals surface area contributed by atoms with Gasteiger partial charge in [0.05, 0.1) is 24.2 Å². The summed E-state index contributed by atoms with van der Waals surface area (Å²) in [5.41, 5.74) is -0.758. The Kier molecular flexibility index (Phi) is 8.68. The van der Waals surface area contributed by atoms with Crippen molar-refractivity contribution in [1.82, 2.24) is 0 Å². The Morgan fingerprint density at radius 3 is 2.22 bits per heavy atom. The summed E-state index contributed by atoms with van der Waals surface area (Å²) in [4.78, 5) is 12.3. The second-order valence-electron chi connectivity index (χ2n) is 14.9. The number of halogens is 3. The van der Waals surface area contributed by atoms with Crippen molar-refractivity contribution in [2.45, 2.75) is 127 Å². The molecule has 0 aromatic heterocycles. The molecule has 11 heteroatoms. The van der Waals surface area contributed by atoms with E-state index in [1.54, 1.807) is 0 Å². The van der Waals surface area contributed by atoms with Gasteiger partial charge in [0.15, 0.2) is 16.6 Å². The second-order valence-corrected chi connectivity index (χ2v) is 24.5. The average molecular weight is 617 g/mol. The number of esters is 1. The number of alkyl halides is 3. The highest BCUT2D eigenvalue weighted by Gasteiger charge is 2.63. The smallest absolute Gasteiger partial charge is 0.416 e. The van der Waals surface area contributed by atoms with Crippen molar-refractivity contribution in [1.29, 1.82) is 0 Å². The van der Waals surface area contributed by atoms with Gasteiger partial charge in [-0.2, -0.15) is 13.2 Å². The summed E-state index contributed by atoms with van der Waals surface area (Å²) in [6.45, 7) is 21.8. The third-order valence-electron chi connectivity index (χ3n) is 9.94. The van der Waals surface area contributed by atoms with Crippen LogP contribution in [0, 0.1) is 11.8 Å². The number of fused-ring (bicyclic) bond motifs is 1. The number of hydrogen-bond acceptors (Lipinski definition) is 6. The molecule has 2 saturated heterocycles. The molecule has 2 unspecified atom stereocenters. The lowest BCUT2D eigenvalue weighted by molar-refractivity contribution is -0.142. The SMILES string of the molecule is CC(C)(C)[Si](C)(C)O[C@H](COc1cccc(C(F)(F)F)c1)C1O[C@@H]1[C@@H]1C2CC(=O)O[C@H]2C[C@H]1O[Si](C)(C)C(C)(C)C. The Labute approximate surface area is 244 Å². The number of benzene rings is 1. The molecule has 3 aliphatic rings. The third kappa shape index (κ3) is 7.05. The Bertz CT molecular complexity index is 1110. The monoisotopic (exact) mass is 616 g/mol. The normalized spacial score (nSPS) is 29.7. The predicted octanol–water partition coefficient (Wildman–Crippen LogP) is 7.58. The number of ether oxygens (including phenoxy) is 3. The molecule has 0 radical (unpaired) electrons. The van der Waals surface area contributed by atoms with E-state index < -0.39 is 34.5 Å². The number of epoxide rings is 1. The first-order valence-corrected chi connectivity index (χ1v) is 20.4. The van der Waals surface area contributed by atoms with Gasteiger partial charge in [0.2, 0.25) is 0 Å². The highest BCUT2D eigenvalue weighted by molar-refractivity contribution is 6.74. The summed E-state index contributed by atoms with van der Waals surface area (Å²) in [6, 6.07) is 4.91. The first kappa shape index (κ1) is 32.5. The molecule has 1 aromatic rings. The lowest BCUT2D eigenvalue weighted by atomic mass is 9.87. The summed E-state index contributed by atoms with van der Waals surface area (Å²) in [5.74, 6) is -0.0829. The van der Waals surface area contributed by atoms with Crippen LogP contribution in [0.25, 0.3) is 0 Å². The van der Waals surface area contributed by atoms with E-state index in [0.29, 0.717) is 12.8 Å². The van der Waals surface area contributed by atoms with E-state index in [1.165, 1.54) is 12.1 Å². The van der Waals surface area contributed by atoms with Crippen LogP contribution in [0.15, 0.2) is 24.3 Å². The van der Waals surface area contributed by atoms with Crippen molar-refractivity contribution in [2.24, 2.45) is 11.8 Å². The van der Waals surface area contributed by atoms with E-state index in [-0.39, 0.29) is 64.7 Å². The number of rotatable bonds is 9. The lowest BCUT2D eigenvalue weighted by Crippen LogP contribution is -2.48. The maximum atomic E-state index is 13.3. The summed E-state index contributed by atoms with van der Waals surface area (Å²) < 4.78 is 71.6. The molecule has 0 N–H and O–H groups in total. The van der Waals surface area contributed by atoms with Crippen molar-refractivity contribution >= 4 is 22.6 Å². The Morgan fingerprint density at radius 1 is 1.00 bits per heavy atom. The highest BCUT2D eigenvalue weighted by Crippen LogP contribution is 2.53. The van der Waals surface area contributed by atoms with Crippen LogP contribution in [-0.2, 0) is 29.3 Å². The van der Waals surface area contributed by atoms with Crippen LogP contribution in [0.2, 0.25) is 36.3 Å². The molecule has 4 rings (SSSR count). The summed E-state index contributed by atoms with van der Waals surface area (Å²) in [5, 5.41) is -0.0769. The topological polar surface area (TPSA) is 66.5 Å². The van der Waals surface area contributed by atoms with Gasteiger partial charge in [-0.15, -0.1) is 0 Å². The van der Waals surface area contributed by atoms with Gasteiger partial charge in [0.1, 0.15) is 30.7 Å². The zero-order valence-corrected chi connectivity index (χ0v) is 28.1. The Morgan fingerprint density at radius 2 is 1.63 bits per heavy atom. The Balaban J connectivity index is 1.57.